The Hall–Kier alpha value is -3.39. The lowest BCUT2D eigenvalue weighted by Crippen LogP contribution is -2.47. The number of hydrogen-bond acceptors (Lipinski definition) is 5. The smallest absolute Gasteiger partial charge is 0.251 e. The zero-order chi connectivity index (χ0) is 27.9. The van der Waals surface area contributed by atoms with Gasteiger partial charge in [-0.25, -0.2) is 0 Å². The van der Waals surface area contributed by atoms with Crippen molar-refractivity contribution in [3.05, 3.63) is 59.7 Å². The molecule has 0 bridgehead atoms. The predicted molar refractivity (Wildman–Crippen MR) is 151 cm³/mol. The molecular weight excluding hydrogens is 494 g/mol. The Labute approximate surface area is 231 Å². The average molecular weight is 536 g/mol. The molecule has 4 rings (SSSR count). The van der Waals surface area contributed by atoms with Gasteiger partial charge in [-0.3, -0.25) is 14.4 Å². The molecule has 0 spiro atoms. The summed E-state index contributed by atoms with van der Waals surface area (Å²) in [6, 6.07) is 14.4. The minimum atomic E-state index is -0.939. The van der Waals surface area contributed by atoms with E-state index < -0.39 is 18.1 Å². The van der Waals surface area contributed by atoms with Gasteiger partial charge in [0.05, 0.1) is 18.2 Å². The number of ether oxygens (including phenoxy) is 1. The van der Waals surface area contributed by atoms with Crippen molar-refractivity contribution in [2.24, 2.45) is 5.92 Å². The Balaban J connectivity index is 1.53. The van der Waals surface area contributed by atoms with E-state index in [4.69, 9.17) is 4.74 Å². The summed E-state index contributed by atoms with van der Waals surface area (Å²) in [4.78, 5) is 40.4. The Morgan fingerprint density at radius 2 is 1.82 bits per heavy atom. The van der Waals surface area contributed by atoms with Crippen LogP contribution in [0.4, 0.5) is 5.69 Å². The summed E-state index contributed by atoms with van der Waals surface area (Å²) < 4.78 is 5.90. The Kier molecular flexibility index (Phi) is 9.62. The molecule has 1 aliphatic carbocycles. The Morgan fingerprint density at radius 1 is 1.08 bits per heavy atom. The summed E-state index contributed by atoms with van der Waals surface area (Å²) in [7, 11) is 0. The van der Waals surface area contributed by atoms with Crippen LogP contribution in [-0.2, 0) is 16.0 Å². The van der Waals surface area contributed by atoms with Crippen LogP contribution in [0.15, 0.2) is 48.5 Å². The molecule has 2 aromatic rings. The summed E-state index contributed by atoms with van der Waals surface area (Å²) in [5.41, 5.74) is 1.94. The van der Waals surface area contributed by atoms with Gasteiger partial charge in [-0.05, 0) is 70.1 Å². The first-order valence-electron chi connectivity index (χ1n) is 14.1. The summed E-state index contributed by atoms with van der Waals surface area (Å²) >= 11 is 0. The molecule has 0 aromatic heterocycles. The minimum absolute atomic E-state index is 0.0228. The molecule has 8 heteroatoms. The molecule has 3 amide bonds. The lowest BCUT2D eigenvalue weighted by molar-refractivity contribution is -0.126. The van der Waals surface area contributed by atoms with Crippen LogP contribution in [-0.4, -0.2) is 53.7 Å². The van der Waals surface area contributed by atoms with E-state index in [0.717, 1.165) is 31.2 Å². The van der Waals surface area contributed by atoms with Gasteiger partial charge in [-0.15, -0.1) is 0 Å². The van der Waals surface area contributed by atoms with Crippen molar-refractivity contribution in [3.63, 3.8) is 0 Å². The van der Waals surface area contributed by atoms with Gasteiger partial charge in [-0.2, -0.15) is 0 Å². The fourth-order valence-corrected chi connectivity index (χ4v) is 5.06. The van der Waals surface area contributed by atoms with Crippen molar-refractivity contribution in [2.45, 2.75) is 90.0 Å². The van der Waals surface area contributed by atoms with Crippen LogP contribution in [0.3, 0.4) is 0 Å². The van der Waals surface area contributed by atoms with E-state index in [1.165, 1.54) is 0 Å². The van der Waals surface area contributed by atoms with Gasteiger partial charge in [0.25, 0.3) is 5.91 Å². The SMILES string of the molecule is CC(C)Oc1cc(C(=O)N[C@@H](Cc2ccccc2)C(O)CC(C)C(=O)NC2CCC2)cc(N2CCCC2=O)c1. The number of hydrogen-bond donors (Lipinski definition) is 3. The molecule has 2 unspecified atom stereocenters. The van der Waals surface area contributed by atoms with Gasteiger partial charge < -0.3 is 25.4 Å². The van der Waals surface area contributed by atoms with Crippen molar-refractivity contribution in [3.8, 4) is 5.75 Å². The van der Waals surface area contributed by atoms with Gasteiger partial charge in [-0.1, -0.05) is 37.3 Å². The normalized spacial score (nSPS) is 17.9. The number of aliphatic hydroxyl groups excluding tert-OH is 1. The van der Waals surface area contributed by atoms with Crippen LogP contribution in [0.5, 0.6) is 5.75 Å². The highest BCUT2D eigenvalue weighted by Crippen LogP contribution is 2.29. The molecule has 1 saturated heterocycles. The Bertz CT molecular complexity index is 1150. The van der Waals surface area contributed by atoms with E-state index in [1.54, 1.807) is 23.1 Å². The van der Waals surface area contributed by atoms with E-state index >= 15 is 0 Å². The number of carbonyl (C=O) groups is 3. The molecule has 1 heterocycles. The van der Waals surface area contributed by atoms with E-state index in [2.05, 4.69) is 10.6 Å². The van der Waals surface area contributed by atoms with Crippen molar-refractivity contribution in [1.82, 2.24) is 10.6 Å². The zero-order valence-electron chi connectivity index (χ0n) is 23.2. The van der Waals surface area contributed by atoms with E-state index in [9.17, 15) is 19.5 Å². The largest absolute Gasteiger partial charge is 0.491 e. The summed E-state index contributed by atoms with van der Waals surface area (Å²) in [6.07, 6.45) is 3.96. The molecule has 1 saturated carbocycles. The maximum Gasteiger partial charge on any atom is 0.251 e. The first-order valence-corrected chi connectivity index (χ1v) is 14.1. The summed E-state index contributed by atoms with van der Waals surface area (Å²) in [5.74, 6) is -0.305. The highest BCUT2D eigenvalue weighted by atomic mass is 16.5. The Morgan fingerprint density at radius 3 is 2.44 bits per heavy atom. The lowest BCUT2D eigenvalue weighted by atomic mass is 9.90. The van der Waals surface area contributed by atoms with Crippen LogP contribution >= 0.6 is 0 Å². The number of rotatable bonds is 12. The topological polar surface area (TPSA) is 108 Å². The van der Waals surface area contributed by atoms with Gasteiger partial charge in [0, 0.05) is 42.2 Å². The van der Waals surface area contributed by atoms with Crippen molar-refractivity contribution in [1.29, 1.82) is 0 Å². The average Bonchev–Trinajstić information content (AvgIpc) is 3.31. The lowest BCUT2D eigenvalue weighted by Gasteiger charge is -2.30. The third-order valence-corrected chi connectivity index (χ3v) is 7.48. The number of nitrogens with one attached hydrogen (secondary N) is 2. The van der Waals surface area contributed by atoms with Gasteiger partial charge in [0.15, 0.2) is 0 Å². The minimum Gasteiger partial charge on any atom is -0.491 e. The fraction of sp³-hybridized carbons (Fsp3) is 0.516. The molecule has 2 aliphatic rings. The highest BCUT2D eigenvalue weighted by molar-refractivity contribution is 5.99. The first kappa shape index (κ1) is 28.6. The second-order valence-electron chi connectivity index (χ2n) is 11.1. The van der Waals surface area contributed by atoms with Crippen LogP contribution in [0.25, 0.3) is 0 Å². The van der Waals surface area contributed by atoms with Crippen molar-refractivity contribution < 1.29 is 24.2 Å². The van der Waals surface area contributed by atoms with Gasteiger partial charge in [0.2, 0.25) is 11.8 Å². The summed E-state index contributed by atoms with van der Waals surface area (Å²) in [5, 5.41) is 17.3. The first-order chi connectivity index (χ1) is 18.7. The van der Waals surface area contributed by atoms with Crippen molar-refractivity contribution in [2.75, 3.05) is 11.4 Å². The molecule has 2 fully saturated rings. The van der Waals surface area contributed by atoms with Gasteiger partial charge >= 0.3 is 0 Å². The number of benzene rings is 2. The van der Waals surface area contributed by atoms with Crippen molar-refractivity contribution >= 4 is 23.4 Å². The predicted octanol–water partition coefficient (Wildman–Crippen LogP) is 4.00. The second-order valence-corrected chi connectivity index (χ2v) is 11.1. The monoisotopic (exact) mass is 535 g/mol. The molecule has 3 N–H and O–H groups in total. The second kappa shape index (κ2) is 13.1. The van der Waals surface area contributed by atoms with Crippen LogP contribution in [0.2, 0.25) is 0 Å². The van der Waals surface area contributed by atoms with Crippen LogP contribution in [0, 0.1) is 5.92 Å². The fourth-order valence-electron chi connectivity index (χ4n) is 5.06. The molecule has 210 valence electrons. The number of carbonyl (C=O) groups excluding carboxylic acids is 3. The standard InChI is InChI=1S/C31H41N3O5/c1-20(2)39-26-18-23(17-25(19-26)34-14-8-13-29(34)36)31(38)33-27(16-22-9-5-4-6-10-22)28(35)15-21(3)30(37)32-24-11-7-12-24/h4-6,9-10,17-21,24,27-28,35H,7-8,11-16H2,1-3H3,(H,32,37)(H,33,38)/t21?,27-,28?/m0/s1. The number of amides is 3. The third kappa shape index (κ3) is 7.82. The molecule has 8 nitrogen and oxygen atoms in total. The summed E-state index contributed by atoms with van der Waals surface area (Å²) in [6.45, 7) is 6.22. The van der Waals surface area contributed by atoms with E-state index in [0.29, 0.717) is 36.4 Å². The zero-order valence-corrected chi connectivity index (χ0v) is 23.2. The van der Waals surface area contributed by atoms with Crippen LogP contribution < -0.4 is 20.3 Å². The van der Waals surface area contributed by atoms with Gasteiger partial charge in [0.1, 0.15) is 5.75 Å². The quantitative estimate of drug-likeness (QED) is 0.381. The molecule has 0 radical (unpaired) electrons. The molecule has 2 aromatic carbocycles. The maximum absolute atomic E-state index is 13.6. The maximum atomic E-state index is 13.6. The van der Waals surface area contributed by atoms with Crippen LogP contribution in [0.1, 0.15) is 75.2 Å². The van der Waals surface area contributed by atoms with E-state index in [1.807, 2.05) is 51.1 Å². The molecule has 1 aliphatic heterocycles. The molecule has 39 heavy (non-hydrogen) atoms. The highest BCUT2D eigenvalue weighted by Gasteiger charge is 2.29. The molecule has 3 atom stereocenters. The number of aliphatic hydroxyl groups is 1. The van der Waals surface area contributed by atoms with E-state index in [-0.39, 0.29) is 36.3 Å². The number of anilines is 1. The number of nitrogens with zero attached hydrogens (tertiary/aromatic N) is 1. The molecular formula is C31H41N3O5. The third-order valence-electron chi connectivity index (χ3n) is 7.48.